The molecule has 17 heavy (non-hydrogen) atoms. The first kappa shape index (κ1) is 11.0. The average Bonchev–Trinajstić information content (AvgIpc) is 2.38. The second-order valence-corrected chi connectivity index (χ2v) is 3.23. The van der Waals surface area contributed by atoms with E-state index in [1.165, 1.54) is 13.2 Å². The second-order valence-electron chi connectivity index (χ2n) is 3.23. The molecule has 0 saturated carbocycles. The van der Waals surface area contributed by atoms with Crippen LogP contribution in [0.5, 0.6) is 5.88 Å². The first-order valence-electron chi connectivity index (χ1n) is 4.81. The van der Waals surface area contributed by atoms with Crippen molar-refractivity contribution in [2.75, 3.05) is 7.11 Å². The minimum Gasteiger partial charge on any atom is -0.481 e. The fourth-order valence-corrected chi connectivity index (χ4v) is 1.36. The number of rotatable bonds is 2. The number of pyridine rings is 2. The molecule has 0 spiro atoms. The molecule has 5 heteroatoms. The predicted octanol–water partition coefficient (Wildman–Crippen LogP) is 2.16. The Morgan fingerprint density at radius 1 is 1.35 bits per heavy atom. The number of hydrogen-bond donors (Lipinski definition) is 0. The monoisotopic (exact) mass is 229 g/mol. The Hall–Kier alpha value is -2.48. The molecule has 0 bridgehead atoms. The maximum Gasteiger partial charge on any atom is 0.231 e. The van der Waals surface area contributed by atoms with Gasteiger partial charge in [-0.15, -0.1) is 0 Å². The third kappa shape index (κ3) is 2.21. The van der Waals surface area contributed by atoms with Crippen LogP contribution in [0.4, 0.5) is 4.39 Å². The first-order chi connectivity index (χ1) is 8.24. The van der Waals surface area contributed by atoms with Gasteiger partial charge in [-0.3, -0.25) is 0 Å². The summed E-state index contributed by atoms with van der Waals surface area (Å²) in [5.74, 6) is -0.352. The first-order valence-corrected chi connectivity index (χ1v) is 4.81. The summed E-state index contributed by atoms with van der Waals surface area (Å²) >= 11 is 0. The number of nitriles is 1. The van der Waals surface area contributed by atoms with Crippen LogP contribution in [-0.2, 0) is 0 Å². The third-order valence-electron chi connectivity index (χ3n) is 2.21. The molecule has 4 nitrogen and oxygen atoms in total. The average molecular weight is 229 g/mol. The van der Waals surface area contributed by atoms with Crippen LogP contribution in [0.25, 0.3) is 11.3 Å². The lowest BCUT2D eigenvalue weighted by molar-refractivity contribution is 0.398. The summed E-state index contributed by atoms with van der Waals surface area (Å²) in [5, 5.41) is 8.60. The molecule has 2 aromatic rings. The number of hydrogen-bond acceptors (Lipinski definition) is 4. The van der Waals surface area contributed by atoms with Gasteiger partial charge in [-0.25, -0.2) is 9.97 Å². The molecule has 0 aliphatic rings. The molecule has 0 unspecified atom stereocenters. The van der Waals surface area contributed by atoms with E-state index in [0.717, 1.165) is 0 Å². The Labute approximate surface area is 97.3 Å². The Morgan fingerprint density at radius 3 is 2.82 bits per heavy atom. The van der Waals surface area contributed by atoms with Crippen molar-refractivity contribution < 1.29 is 9.13 Å². The summed E-state index contributed by atoms with van der Waals surface area (Å²) in [5.41, 5.74) is 1.04. The lowest BCUT2D eigenvalue weighted by Crippen LogP contribution is -1.93. The molecule has 0 radical (unpaired) electrons. The quantitative estimate of drug-likeness (QED) is 0.740. The highest BCUT2D eigenvalue weighted by atomic mass is 19.1. The highest BCUT2D eigenvalue weighted by molar-refractivity contribution is 5.60. The van der Waals surface area contributed by atoms with Crippen LogP contribution in [0, 0.1) is 17.3 Å². The molecule has 0 fully saturated rings. The van der Waals surface area contributed by atoms with E-state index in [1.807, 2.05) is 0 Å². The lowest BCUT2D eigenvalue weighted by atomic mass is 10.1. The fraction of sp³-hybridized carbons (Fsp3) is 0.0833. The van der Waals surface area contributed by atoms with Crippen LogP contribution in [0.15, 0.2) is 30.5 Å². The maximum absolute atomic E-state index is 13.3. The van der Waals surface area contributed by atoms with Crippen LogP contribution in [0.1, 0.15) is 5.56 Å². The molecule has 0 amide bonds. The Kier molecular flexibility index (Phi) is 2.97. The van der Waals surface area contributed by atoms with E-state index in [0.29, 0.717) is 17.1 Å². The smallest absolute Gasteiger partial charge is 0.231 e. The summed E-state index contributed by atoms with van der Waals surface area (Å²) in [4.78, 5) is 7.66. The Bertz CT molecular complexity index is 593. The Morgan fingerprint density at radius 2 is 2.18 bits per heavy atom. The topological polar surface area (TPSA) is 58.8 Å². The van der Waals surface area contributed by atoms with Gasteiger partial charge in [-0.2, -0.15) is 9.65 Å². The van der Waals surface area contributed by atoms with E-state index in [1.54, 1.807) is 30.5 Å². The van der Waals surface area contributed by atoms with Crippen molar-refractivity contribution in [3.8, 4) is 23.2 Å². The zero-order valence-electron chi connectivity index (χ0n) is 9.01. The number of ether oxygens (including phenoxy) is 1. The highest BCUT2D eigenvalue weighted by Gasteiger charge is 2.07. The zero-order valence-corrected chi connectivity index (χ0v) is 9.01. The van der Waals surface area contributed by atoms with Crippen LogP contribution >= 0.6 is 0 Å². The summed E-state index contributed by atoms with van der Waals surface area (Å²) in [6, 6.07) is 8.03. The fourth-order valence-electron chi connectivity index (χ4n) is 1.36. The van der Waals surface area contributed by atoms with Gasteiger partial charge in [0.1, 0.15) is 11.6 Å². The number of halogens is 1. The van der Waals surface area contributed by atoms with Gasteiger partial charge in [0.15, 0.2) is 0 Å². The SMILES string of the molecule is COc1cc(-c2ccc(C#N)c(F)n2)ccn1. The lowest BCUT2D eigenvalue weighted by Gasteiger charge is -2.03. The van der Waals surface area contributed by atoms with Crippen LogP contribution in [-0.4, -0.2) is 17.1 Å². The van der Waals surface area contributed by atoms with Crippen molar-refractivity contribution in [2.45, 2.75) is 0 Å². The van der Waals surface area contributed by atoms with Crippen molar-refractivity contribution in [2.24, 2.45) is 0 Å². The van der Waals surface area contributed by atoms with Gasteiger partial charge in [0, 0.05) is 17.8 Å². The van der Waals surface area contributed by atoms with Crippen molar-refractivity contribution in [3.05, 3.63) is 42.0 Å². The number of aromatic nitrogens is 2. The summed E-state index contributed by atoms with van der Waals surface area (Å²) in [6.07, 6.45) is 1.55. The van der Waals surface area contributed by atoms with Gasteiger partial charge < -0.3 is 4.74 Å². The molecular formula is C12H8FN3O. The maximum atomic E-state index is 13.3. The van der Waals surface area contributed by atoms with Crippen molar-refractivity contribution in [1.82, 2.24) is 9.97 Å². The molecular weight excluding hydrogens is 221 g/mol. The van der Waals surface area contributed by atoms with Crippen molar-refractivity contribution in [3.63, 3.8) is 0 Å². The zero-order chi connectivity index (χ0) is 12.3. The van der Waals surface area contributed by atoms with E-state index >= 15 is 0 Å². The van der Waals surface area contributed by atoms with E-state index in [9.17, 15) is 4.39 Å². The highest BCUT2D eigenvalue weighted by Crippen LogP contribution is 2.21. The molecule has 0 saturated heterocycles. The van der Waals surface area contributed by atoms with E-state index in [4.69, 9.17) is 10.00 Å². The predicted molar refractivity (Wildman–Crippen MR) is 58.7 cm³/mol. The molecule has 0 aliphatic heterocycles. The van der Waals surface area contributed by atoms with Gasteiger partial charge in [-0.1, -0.05) is 0 Å². The molecule has 2 heterocycles. The van der Waals surface area contributed by atoms with Crippen LogP contribution in [0.2, 0.25) is 0 Å². The second kappa shape index (κ2) is 4.58. The van der Waals surface area contributed by atoms with Crippen molar-refractivity contribution >= 4 is 0 Å². The summed E-state index contributed by atoms with van der Waals surface area (Å²) in [6.45, 7) is 0. The van der Waals surface area contributed by atoms with E-state index in [2.05, 4.69) is 9.97 Å². The minimum absolute atomic E-state index is 0.0743. The summed E-state index contributed by atoms with van der Waals surface area (Å²) in [7, 11) is 1.50. The third-order valence-corrected chi connectivity index (χ3v) is 2.21. The van der Waals surface area contributed by atoms with E-state index < -0.39 is 5.95 Å². The number of nitrogens with zero attached hydrogens (tertiary/aromatic N) is 3. The van der Waals surface area contributed by atoms with Gasteiger partial charge in [0.25, 0.3) is 0 Å². The standard InChI is InChI=1S/C12H8FN3O/c1-17-11-6-8(4-5-15-11)10-3-2-9(7-14)12(13)16-10/h2-6H,1H3. The molecule has 2 aromatic heterocycles. The minimum atomic E-state index is -0.777. The summed E-state index contributed by atoms with van der Waals surface area (Å²) < 4.78 is 18.3. The molecule has 0 N–H and O–H groups in total. The largest absolute Gasteiger partial charge is 0.481 e. The van der Waals surface area contributed by atoms with Gasteiger partial charge >= 0.3 is 0 Å². The molecule has 84 valence electrons. The molecule has 0 atom stereocenters. The van der Waals surface area contributed by atoms with Crippen LogP contribution < -0.4 is 4.74 Å². The molecule has 0 aromatic carbocycles. The number of methoxy groups -OCH3 is 1. The van der Waals surface area contributed by atoms with E-state index in [-0.39, 0.29) is 5.56 Å². The Balaban J connectivity index is 2.46. The molecule has 2 rings (SSSR count). The molecule has 0 aliphatic carbocycles. The van der Waals surface area contributed by atoms with Crippen molar-refractivity contribution in [1.29, 1.82) is 5.26 Å². The van der Waals surface area contributed by atoms with Gasteiger partial charge in [-0.05, 0) is 18.2 Å². The van der Waals surface area contributed by atoms with Crippen LogP contribution in [0.3, 0.4) is 0 Å². The normalized spacial score (nSPS) is 9.71. The van der Waals surface area contributed by atoms with Gasteiger partial charge in [0.2, 0.25) is 11.8 Å². The van der Waals surface area contributed by atoms with Gasteiger partial charge in [0.05, 0.1) is 12.8 Å².